The van der Waals surface area contributed by atoms with Crippen molar-refractivity contribution in [3.8, 4) is 0 Å². The lowest BCUT2D eigenvalue weighted by Gasteiger charge is -2.16. The van der Waals surface area contributed by atoms with Gasteiger partial charge in [0.1, 0.15) is 11.7 Å². The Labute approximate surface area is 120 Å². The summed E-state index contributed by atoms with van der Waals surface area (Å²) in [6.07, 6.45) is 5.04. The van der Waals surface area contributed by atoms with Crippen molar-refractivity contribution in [2.45, 2.75) is 0 Å². The van der Waals surface area contributed by atoms with Crippen LogP contribution in [0.25, 0.3) is 5.57 Å². The van der Waals surface area contributed by atoms with Crippen LogP contribution in [-0.4, -0.2) is 18.0 Å². The van der Waals surface area contributed by atoms with Gasteiger partial charge in [0.05, 0.1) is 12.0 Å². The van der Waals surface area contributed by atoms with E-state index < -0.39 is 5.92 Å². The number of carbonyl (C=O) groups is 1. The fraction of sp³-hybridized carbons (Fsp3) is 0.0625. The van der Waals surface area contributed by atoms with Crippen LogP contribution in [0.2, 0.25) is 0 Å². The Kier molecular flexibility index (Phi) is 2.57. The number of para-hydroxylation sites is 1. The zero-order valence-corrected chi connectivity index (χ0v) is 11.0. The molecule has 4 rings (SSSR count). The van der Waals surface area contributed by atoms with Crippen molar-refractivity contribution in [1.29, 1.82) is 0 Å². The quantitative estimate of drug-likeness (QED) is 0.847. The van der Waals surface area contributed by atoms with E-state index in [1.165, 1.54) is 5.01 Å². The van der Waals surface area contributed by atoms with Crippen molar-refractivity contribution >= 4 is 29.2 Å². The number of fused-ring (bicyclic) bond motifs is 1. The van der Waals surface area contributed by atoms with Gasteiger partial charge in [-0.2, -0.15) is 5.01 Å². The highest BCUT2D eigenvalue weighted by atomic mass is 16.3. The molecule has 2 aliphatic heterocycles. The van der Waals surface area contributed by atoms with Gasteiger partial charge in [-0.05, 0) is 30.3 Å². The summed E-state index contributed by atoms with van der Waals surface area (Å²) in [4.78, 5) is 16.9. The standard InChI is InChI=1S/C16H11N3O2/c20-16-14-12(13-7-4-10-21-13)8-9-17-15(14)18-19(16)11-5-2-1-3-6-11/h1-10,14H. The number of amides is 1. The maximum absolute atomic E-state index is 12.7. The number of hydrazone groups is 1. The minimum absolute atomic E-state index is 0.115. The third-order valence-corrected chi connectivity index (χ3v) is 3.49. The Hall–Kier alpha value is -2.95. The number of hydrogen-bond acceptors (Lipinski definition) is 4. The van der Waals surface area contributed by atoms with Gasteiger partial charge in [-0.25, -0.2) is 4.99 Å². The van der Waals surface area contributed by atoms with Gasteiger partial charge in [-0.1, -0.05) is 18.2 Å². The Morgan fingerprint density at radius 1 is 1.10 bits per heavy atom. The number of dihydropyridines is 1. The van der Waals surface area contributed by atoms with Crippen LogP contribution in [0.5, 0.6) is 0 Å². The van der Waals surface area contributed by atoms with E-state index in [0.717, 1.165) is 11.3 Å². The predicted molar refractivity (Wildman–Crippen MR) is 80.0 cm³/mol. The van der Waals surface area contributed by atoms with E-state index in [9.17, 15) is 4.79 Å². The maximum Gasteiger partial charge on any atom is 0.262 e. The Bertz CT molecular complexity index is 773. The largest absolute Gasteiger partial charge is 0.465 e. The normalized spacial score (nSPS) is 20.3. The molecule has 0 radical (unpaired) electrons. The summed E-state index contributed by atoms with van der Waals surface area (Å²) in [6, 6.07) is 13.0. The summed E-state index contributed by atoms with van der Waals surface area (Å²) >= 11 is 0. The molecule has 1 aromatic carbocycles. The minimum atomic E-state index is -0.499. The van der Waals surface area contributed by atoms with Crippen LogP contribution < -0.4 is 5.01 Å². The molecule has 3 heterocycles. The van der Waals surface area contributed by atoms with Crippen molar-refractivity contribution in [2.24, 2.45) is 16.0 Å². The predicted octanol–water partition coefficient (Wildman–Crippen LogP) is 2.72. The number of benzene rings is 1. The number of nitrogens with zero attached hydrogens (tertiary/aromatic N) is 3. The van der Waals surface area contributed by atoms with E-state index in [1.807, 2.05) is 36.4 Å². The van der Waals surface area contributed by atoms with Crippen molar-refractivity contribution in [3.05, 3.63) is 60.6 Å². The monoisotopic (exact) mass is 277 g/mol. The Morgan fingerprint density at radius 3 is 2.71 bits per heavy atom. The molecule has 0 bridgehead atoms. The average molecular weight is 277 g/mol. The van der Waals surface area contributed by atoms with Crippen LogP contribution in [0.1, 0.15) is 5.76 Å². The molecule has 0 saturated heterocycles. The number of hydrogen-bond donors (Lipinski definition) is 0. The first kappa shape index (κ1) is 11.8. The Balaban J connectivity index is 1.75. The molecule has 0 fully saturated rings. The van der Waals surface area contributed by atoms with Crippen LogP contribution in [0.3, 0.4) is 0 Å². The third kappa shape index (κ3) is 1.82. The highest BCUT2D eigenvalue weighted by molar-refractivity contribution is 6.25. The van der Waals surface area contributed by atoms with E-state index >= 15 is 0 Å². The lowest BCUT2D eigenvalue weighted by molar-refractivity contribution is -0.118. The van der Waals surface area contributed by atoms with Crippen molar-refractivity contribution < 1.29 is 9.21 Å². The number of furan rings is 1. The van der Waals surface area contributed by atoms with Gasteiger partial charge in [0, 0.05) is 11.8 Å². The number of carbonyl (C=O) groups excluding carboxylic acids is 1. The second-order valence-corrected chi connectivity index (χ2v) is 4.75. The van der Waals surface area contributed by atoms with Gasteiger partial charge >= 0.3 is 0 Å². The molecular weight excluding hydrogens is 266 g/mol. The second kappa shape index (κ2) is 4.56. The molecule has 1 amide bonds. The summed E-state index contributed by atoms with van der Waals surface area (Å²) in [5, 5.41) is 5.74. The van der Waals surface area contributed by atoms with E-state index in [4.69, 9.17) is 4.42 Å². The zero-order chi connectivity index (χ0) is 14.2. The number of amidine groups is 1. The highest BCUT2D eigenvalue weighted by Crippen LogP contribution is 2.34. The van der Waals surface area contributed by atoms with Crippen molar-refractivity contribution in [3.63, 3.8) is 0 Å². The molecule has 0 spiro atoms. The lowest BCUT2D eigenvalue weighted by atomic mass is 9.93. The van der Waals surface area contributed by atoms with Crippen LogP contribution >= 0.6 is 0 Å². The minimum Gasteiger partial charge on any atom is -0.465 e. The molecule has 0 saturated carbocycles. The van der Waals surface area contributed by atoms with Crippen LogP contribution in [0.15, 0.2) is 69.3 Å². The first-order valence-electron chi connectivity index (χ1n) is 6.60. The molecule has 2 aliphatic rings. The van der Waals surface area contributed by atoms with Crippen LogP contribution in [0.4, 0.5) is 5.69 Å². The smallest absolute Gasteiger partial charge is 0.262 e. The molecule has 1 unspecified atom stereocenters. The number of rotatable bonds is 2. The summed E-state index contributed by atoms with van der Waals surface area (Å²) in [5.41, 5.74) is 1.52. The number of aliphatic imine (C=N–C) groups is 1. The molecular formula is C16H11N3O2. The van der Waals surface area contributed by atoms with E-state index in [-0.39, 0.29) is 5.91 Å². The van der Waals surface area contributed by atoms with Crippen molar-refractivity contribution in [2.75, 3.05) is 5.01 Å². The van der Waals surface area contributed by atoms with Gasteiger partial charge in [-0.3, -0.25) is 4.79 Å². The first-order chi connectivity index (χ1) is 10.3. The zero-order valence-electron chi connectivity index (χ0n) is 11.0. The highest BCUT2D eigenvalue weighted by Gasteiger charge is 2.41. The topological polar surface area (TPSA) is 58.2 Å². The Morgan fingerprint density at radius 2 is 1.95 bits per heavy atom. The van der Waals surface area contributed by atoms with Gasteiger partial charge < -0.3 is 4.42 Å². The van der Waals surface area contributed by atoms with E-state index in [0.29, 0.717) is 11.6 Å². The molecule has 0 N–H and O–H groups in total. The molecule has 1 atom stereocenters. The summed E-state index contributed by atoms with van der Waals surface area (Å²) in [6.45, 7) is 0. The van der Waals surface area contributed by atoms with Gasteiger partial charge in [0.15, 0.2) is 5.84 Å². The molecule has 5 nitrogen and oxygen atoms in total. The van der Waals surface area contributed by atoms with Gasteiger partial charge in [0.25, 0.3) is 5.91 Å². The SMILES string of the molecule is O=C1C2C(c3ccco3)=CC=NC2=NN1c1ccccc1. The van der Waals surface area contributed by atoms with E-state index in [2.05, 4.69) is 10.1 Å². The lowest BCUT2D eigenvalue weighted by Crippen LogP contribution is -2.29. The first-order valence-corrected chi connectivity index (χ1v) is 6.60. The average Bonchev–Trinajstić information content (AvgIpc) is 3.16. The fourth-order valence-electron chi connectivity index (χ4n) is 2.53. The molecule has 21 heavy (non-hydrogen) atoms. The third-order valence-electron chi connectivity index (χ3n) is 3.49. The maximum atomic E-state index is 12.7. The summed E-state index contributed by atoms with van der Waals surface area (Å²) < 4.78 is 5.41. The molecule has 5 heteroatoms. The van der Waals surface area contributed by atoms with Gasteiger partial charge in [0.2, 0.25) is 0 Å². The number of anilines is 1. The molecule has 102 valence electrons. The summed E-state index contributed by atoms with van der Waals surface area (Å²) in [7, 11) is 0. The van der Waals surface area contributed by atoms with Crippen LogP contribution in [0, 0.1) is 5.92 Å². The number of allylic oxidation sites excluding steroid dienone is 1. The van der Waals surface area contributed by atoms with Crippen LogP contribution in [-0.2, 0) is 4.79 Å². The van der Waals surface area contributed by atoms with Gasteiger partial charge in [-0.15, -0.1) is 5.10 Å². The molecule has 0 aliphatic carbocycles. The fourth-order valence-corrected chi connectivity index (χ4v) is 2.53. The molecule has 1 aromatic heterocycles. The van der Waals surface area contributed by atoms with Crippen molar-refractivity contribution in [1.82, 2.24) is 0 Å². The summed E-state index contributed by atoms with van der Waals surface area (Å²) in [5.74, 6) is 0.553. The molecule has 2 aromatic rings. The van der Waals surface area contributed by atoms with E-state index in [1.54, 1.807) is 24.6 Å². The second-order valence-electron chi connectivity index (χ2n) is 4.75.